The van der Waals surface area contributed by atoms with Crippen LogP contribution in [-0.2, 0) is 11.8 Å². The molecule has 0 spiro atoms. The molecule has 1 aromatic heterocycles. The third-order valence-electron chi connectivity index (χ3n) is 1.56. The summed E-state index contributed by atoms with van der Waals surface area (Å²) in [6.45, 7) is 1.84. The zero-order chi connectivity index (χ0) is 9.84. The number of aliphatic carboxylic acids is 1. The molecule has 0 aliphatic rings. The first-order valence-electron chi connectivity index (χ1n) is 3.88. The fourth-order valence-electron chi connectivity index (χ4n) is 0.815. The lowest BCUT2D eigenvalue weighted by Gasteiger charge is -2.07. The number of hydrogen-bond donors (Lipinski definition) is 1. The second kappa shape index (κ2) is 4.27. The maximum absolute atomic E-state index is 10.7. The average molecular weight is 201 g/mol. The molecular weight excluding hydrogens is 190 g/mol. The van der Waals surface area contributed by atoms with Gasteiger partial charge in [0.15, 0.2) is 5.16 Å². The summed E-state index contributed by atoms with van der Waals surface area (Å²) >= 11 is 1.22. The van der Waals surface area contributed by atoms with Crippen LogP contribution in [-0.4, -0.2) is 31.1 Å². The van der Waals surface area contributed by atoms with Crippen LogP contribution in [0.4, 0.5) is 0 Å². The summed E-state index contributed by atoms with van der Waals surface area (Å²) in [5.41, 5.74) is 0. The van der Waals surface area contributed by atoms with E-state index in [0.717, 1.165) is 0 Å². The topological polar surface area (TPSA) is 68.0 Å². The van der Waals surface area contributed by atoms with Crippen molar-refractivity contribution >= 4 is 17.7 Å². The van der Waals surface area contributed by atoms with E-state index in [1.807, 2.05) is 6.92 Å². The third kappa shape index (κ3) is 2.45. The molecule has 0 saturated heterocycles. The highest BCUT2D eigenvalue weighted by atomic mass is 32.2. The van der Waals surface area contributed by atoms with Crippen molar-refractivity contribution in [3.05, 3.63) is 6.33 Å². The van der Waals surface area contributed by atoms with E-state index in [9.17, 15) is 4.79 Å². The Morgan fingerprint density at radius 2 is 2.54 bits per heavy atom. The van der Waals surface area contributed by atoms with Crippen molar-refractivity contribution < 1.29 is 9.90 Å². The van der Waals surface area contributed by atoms with Gasteiger partial charge in [0.2, 0.25) is 0 Å². The minimum Gasteiger partial charge on any atom is -0.480 e. The lowest BCUT2D eigenvalue weighted by atomic mass is 10.3. The molecule has 1 atom stereocenters. The number of aryl methyl sites for hydroxylation is 1. The first-order chi connectivity index (χ1) is 6.15. The van der Waals surface area contributed by atoms with Crippen LogP contribution in [0, 0.1) is 0 Å². The molecule has 6 heteroatoms. The van der Waals surface area contributed by atoms with Crippen molar-refractivity contribution in [2.75, 3.05) is 0 Å². The van der Waals surface area contributed by atoms with E-state index in [2.05, 4.69) is 10.2 Å². The van der Waals surface area contributed by atoms with E-state index in [-0.39, 0.29) is 0 Å². The Hall–Kier alpha value is -1.04. The monoisotopic (exact) mass is 201 g/mol. The minimum absolute atomic E-state index is 0.442. The van der Waals surface area contributed by atoms with Crippen LogP contribution in [0.5, 0.6) is 0 Å². The van der Waals surface area contributed by atoms with Gasteiger partial charge in [-0.25, -0.2) is 0 Å². The van der Waals surface area contributed by atoms with Gasteiger partial charge in [-0.1, -0.05) is 18.7 Å². The van der Waals surface area contributed by atoms with Crippen LogP contribution in [0.3, 0.4) is 0 Å². The van der Waals surface area contributed by atoms with Gasteiger partial charge in [-0.05, 0) is 6.42 Å². The maximum Gasteiger partial charge on any atom is 0.317 e. The molecule has 0 saturated carbocycles. The molecule has 1 aromatic rings. The molecule has 1 heterocycles. The van der Waals surface area contributed by atoms with Gasteiger partial charge in [-0.2, -0.15) is 0 Å². The summed E-state index contributed by atoms with van der Waals surface area (Å²) in [6, 6.07) is 0. The van der Waals surface area contributed by atoms with Gasteiger partial charge in [0.1, 0.15) is 11.6 Å². The second-order valence-corrected chi connectivity index (χ2v) is 3.75. The molecule has 0 fully saturated rings. The number of aromatic nitrogens is 3. The molecule has 0 radical (unpaired) electrons. The van der Waals surface area contributed by atoms with E-state index in [1.54, 1.807) is 17.9 Å². The zero-order valence-electron chi connectivity index (χ0n) is 7.47. The Bertz CT molecular complexity index is 300. The highest BCUT2D eigenvalue weighted by Crippen LogP contribution is 2.22. The molecule has 13 heavy (non-hydrogen) atoms. The Balaban J connectivity index is 2.67. The first-order valence-corrected chi connectivity index (χ1v) is 4.76. The summed E-state index contributed by atoms with van der Waals surface area (Å²) in [5.74, 6) is -0.810. The largest absolute Gasteiger partial charge is 0.480 e. The lowest BCUT2D eigenvalue weighted by Crippen LogP contribution is -2.15. The van der Waals surface area contributed by atoms with Crippen molar-refractivity contribution in [2.45, 2.75) is 23.8 Å². The van der Waals surface area contributed by atoms with Gasteiger partial charge in [0.05, 0.1) is 0 Å². The summed E-state index contributed by atoms with van der Waals surface area (Å²) in [4.78, 5) is 10.7. The van der Waals surface area contributed by atoms with Crippen LogP contribution in [0.1, 0.15) is 13.3 Å². The zero-order valence-corrected chi connectivity index (χ0v) is 8.28. The molecule has 1 N–H and O–H groups in total. The Labute approximate surface area is 80.2 Å². The fourth-order valence-corrected chi connectivity index (χ4v) is 1.64. The third-order valence-corrected chi connectivity index (χ3v) is 2.96. The number of carboxylic acids is 1. The van der Waals surface area contributed by atoms with Crippen molar-refractivity contribution in [1.82, 2.24) is 14.8 Å². The highest BCUT2D eigenvalue weighted by Gasteiger charge is 2.18. The van der Waals surface area contributed by atoms with Gasteiger partial charge in [-0.15, -0.1) is 10.2 Å². The number of thioether (sulfide) groups is 1. The molecule has 0 aromatic carbocycles. The predicted molar refractivity (Wildman–Crippen MR) is 48.6 cm³/mol. The second-order valence-electron chi connectivity index (χ2n) is 2.58. The molecule has 5 nitrogen and oxygen atoms in total. The number of nitrogens with zero attached hydrogens (tertiary/aromatic N) is 3. The van der Waals surface area contributed by atoms with E-state index in [0.29, 0.717) is 11.6 Å². The molecule has 0 aliphatic heterocycles. The molecule has 72 valence electrons. The number of hydrogen-bond acceptors (Lipinski definition) is 4. The standard InChI is InChI=1S/C7H11N3O2S/c1-3-5(6(11)12)13-7-9-8-4-10(7)2/h4-5H,3H2,1-2H3,(H,11,12)/t5-/m0/s1. The van der Waals surface area contributed by atoms with Crippen LogP contribution < -0.4 is 0 Å². The van der Waals surface area contributed by atoms with Gasteiger partial charge < -0.3 is 9.67 Å². The quantitative estimate of drug-likeness (QED) is 0.729. The fraction of sp³-hybridized carbons (Fsp3) is 0.571. The summed E-state index contributed by atoms with van der Waals surface area (Å²) in [6.07, 6.45) is 2.13. The first kappa shape index (κ1) is 10.0. The summed E-state index contributed by atoms with van der Waals surface area (Å²) in [7, 11) is 1.79. The van der Waals surface area contributed by atoms with Crippen LogP contribution in [0.2, 0.25) is 0 Å². The molecule has 0 aliphatic carbocycles. The highest BCUT2D eigenvalue weighted by molar-refractivity contribution is 8.00. The van der Waals surface area contributed by atoms with E-state index < -0.39 is 11.2 Å². The lowest BCUT2D eigenvalue weighted by molar-refractivity contribution is -0.136. The van der Waals surface area contributed by atoms with E-state index >= 15 is 0 Å². The number of carboxylic acid groups (broad SMARTS) is 1. The molecule has 0 amide bonds. The smallest absolute Gasteiger partial charge is 0.317 e. The number of carbonyl (C=O) groups is 1. The van der Waals surface area contributed by atoms with Gasteiger partial charge in [0, 0.05) is 7.05 Å². The number of rotatable bonds is 4. The van der Waals surface area contributed by atoms with Crippen molar-refractivity contribution in [3.63, 3.8) is 0 Å². The van der Waals surface area contributed by atoms with Crippen LogP contribution >= 0.6 is 11.8 Å². The predicted octanol–water partition coefficient (Wildman–Crippen LogP) is 0.770. The Kier molecular flexibility index (Phi) is 3.30. The normalized spacial score (nSPS) is 12.8. The van der Waals surface area contributed by atoms with Gasteiger partial charge >= 0.3 is 5.97 Å². The Morgan fingerprint density at radius 1 is 1.85 bits per heavy atom. The summed E-state index contributed by atoms with van der Waals surface area (Å²) < 4.78 is 1.70. The maximum atomic E-state index is 10.7. The van der Waals surface area contributed by atoms with Crippen molar-refractivity contribution in [1.29, 1.82) is 0 Å². The molecule has 1 rings (SSSR count). The van der Waals surface area contributed by atoms with Gasteiger partial charge in [-0.3, -0.25) is 4.79 Å². The average Bonchev–Trinajstić information content (AvgIpc) is 2.46. The van der Waals surface area contributed by atoms with Crippen molar-refractivity contribution in [3.8, 4) is 0 Å². The van der Waals surface area contributed by atoms with Crippen molar-refractivity contribution in [2.24, 2.45) is 7.05 Å². The van der Waals surface area contributed by atoms with Crippen LogP contribution in [0.25, 0.3) is 0 Å². The SMILES string of the molecule is CC[C@H](Sc1nncn1C)C(=O)O. The molecule has 0 unspecified atom stereocenters. The van der Waals surface area contributed by atoms with E-state index in [1.165, 1.54) is 11.8 Å². The Morgan fingerprint density at radius 3 is 2.92 bits per heavy atom. The van der Waals surface area contributed by atoms with E-state index in [4.69, 9.17) is 5.11 Å². The molecule has 0 bridgehead atoms. The summed E-state index contributed by atoms with van der Waals surface area (Å²) in [5, 5.41) is 16.4. The van der Waals surface area contributed by atoms with Crippen LogP contribution in [0.15, 0.2) is 11.5 Å². The minimum atomic E-state index is -0.810. The molecular formula is C7H11N3O2S. The van der Waals surface area contributed by atoms with Gasteiger partial charge in [0.25, 0.3) is 0 Å².